The Morgan fingerprint density at radius 3 is 2.35 bits per heavy atom. The van der Waals surface area contributed by atoms with Gasteiger partial charge in [-0.05, 0) is 42.9 Å². The van der Waals surface area contributed by atoms with Gasteiger partial charge in [0, 0.05) is 19.1 Å². The van der Waals surface area contributed by atoms with Crippen LogP contribution in [-0.2, 0) is 20.5 Å². The number of rotatable bonds is 5. The Balaban J connectivity index is 1.63. The molecule has 0 bridgehead atoms. The van der Waals surface area contributed by atoms with Crippen molar-refractivity contribution < 1.29 is 32.6 Å². The molecule has 1 aliphatic heterocycles. The number of carboxylic acid groups (broad SMARTS) is 1. The topological polar surface area (TPSA) is 75.6 Å². The second kappa shape index (κ2) is 6.90. The molecule has 1 aliphatic carbocycles. The lowest BCUT2D eigenvalue weighted by atomic mass is 9.86. The number of benzene rings is 1. The molecule has 1 aromatic rings. The Kier molecular flexibility index (Phi) is 4.96. The van der Waals surface area contributed by atoms with E-state index in [1.54, 1.807) is 0 Å². The Morgan fingerprint density at radius 1 is 1.19 bits per heavy atom. The van der Waals surface area contributed by atoms with E-state index in [4.69, 9.17) is 9.84 Å². The average Bonchev–Trinajstić information content (AvgIpc) is 3.35. The van der Waals surface area contributed by atoms with Crippen molar-refractivity contribution in [1.29, 1.82) is 0 Å². The highest BCUT2D eigenvalue weighted by Crippen LogP contribution is 2.48. The number of carbonyl (C=O) groups excluding carboxylic acids is 1. The van der Waals surface area contributed by atoms with Crippen LogP contribution in [0.15, 0.2) is 24.3 Å². The monoisotopic (exact) mass is 371 g/mol. The third-order valence-electron chi connectivity index (χ3n) is 5.12. The normalized spacial score (nSPS) is 24.7. The maximum absolute atomic E-state index is 12.6. The second-order valence-corrected chi connectivity index (χ2v) is 7.02. The number of aliphatic carboxylic acids is 1. The predicted molar refractivity (Wildman–Crippen MR) is 85.5 cm³/mol. The molecule has 26 heavy (non-hydrogen) atoms. The Bertz CT molecular complexity index is 681. The summed E-state index contributed by atoms with van der Waals surface area (Å²) in [6, 6.07) is 4.85. The van der Waals surface area contributed by atoms with Gasteiger partial charge in [-0.2, -0.15) is 13.2 Å². The largest absolute Gasteiger partial charge is 0.481 e. The van der Waals surface area contributed by atoms with Crippen LogP contribution in [0.25, 0.3) is 0 Å². The van der Waals surface area contributed by atoms with Gasteiger partial charge in [0.15, 0.2) is 0 Å². The zero-order valence-corrected chi connectivity index (χ0v) is 14.0. The Labute approximate surface area is 148 Å². The van der Waals surface area contributed by atoms with Crippen molar-refractivity contribution in [3.63, 3.8) is 0 Å². The van der Waals surface area contributed by atoms with Gasteiger partial charge in [-0.15, -0.1) is 0 Å². The molecule has 0 radical (unpaired) electrons. The number of alkyl halides is 3. The van der Waals surface area contributed by atoms with Crippen molar-refractivity contribution in [3.05, 3.63) is 35.4 Å². The number of carbonyl (C=O) groups is 2. The van der Waals surface area contributed by atoms with E-state index in [2.05, 4.69) is 5.32 Å². The molecule has 3 rings (SSSR count). The highest BCUT2D eigenvalue weighted by Gasteiger charge is 2.47. The summed E-state index contributed by atoms with van der Waals surface area (Å²) >= 11 is 0. The molecule has 1 aromatic carbocycles. The van der Waals surface area contributed by atoms with Crippen LogP contribution >= 0.6 is 0 Å². The van der Waals surface area contributed by atoms with E-state index in [0.29, 0.717) is 38.0 Å². The van der Waals surface area contributed by atoms with Crippen LogP contribution in [-0.4, -0.2) is 35.7 Å². The zero-order valence-electron chi connectivity index (χ0n) is 14.0. The first-order valence-electron chi connectivity index (χ1n) is 8.49. The second-order valence-electron chi connectivity index (χ2n) is 7.02. The zero-order chi connectivity index (χ0) is 18.9. The maximum atomic E-state index is 12.6. The number of nitrogens with one attached hydrogen (secondary N) is 1. The van der Waals surface area contributed by atoms with Gasteiger partial charge in [-0.1, -0.05) is 12.1 Å². The molecule has 2 unspecified atom stereocenters. The molecule has 2 fully saturated rings. The number of ether oxygens (including phenoxy) is 1. The van der Waals surface area contributed by atoms with Gasteiger partial charge in [0.05, 0.1) is 17.5 Å². The minimum atomic E-state index is -4.38. The Hall–Kier alpha value is -2.09. The molecule has 8 heteroatoms. The van der Waals surface area contributed by atoms with Crippen molar-refractivity contribution in [2.45, 2.75) is 43.3 Å². The third kappa shape index (κ3) is 4.17. The van der Waals surface area contributed by atoms with Gasteiger partial charge in [-0.3, -0.25) is 9.59 Å². The lowest BCUT2D eigenvalue weighted by Gasteiger charge is -2.37. The van der Waals surface area contributed by atoms with Crippen LogP contribution in [0.5, 0.6) is 0 Å². The van der Waals surface area contributed by atoms with Crippen LogP contribution in [0.2, 0.25) is 0 Å². The molecule has 2 aliphatic rings. The first-order valence-corrected chi connectivity index (χ1v) is 8.49. The van der Waals surface area contributed by atoms with Gasteiger partial charge in [0.25, 0.3) is 0 Å². The molecular formula is C18H20F3NO4. The van der Waals surface area contributed by atoms with Crippen LogP contribution in [0.4, 0.5) is 13.2 Å². The number of amides is 1. The van der Waals surface area contributed by atoms with E-state index < -0.39 is 23.2 Å². The minimum absolute atomic E-state index is 0.126. The molecule has 1 heterocycles. The van der Waals surface area contributed by atoms with Crippen LogP contribution in [0.1, 0.15) is 42.7 Å². The summed E-state index contributed by atoms with van der Waals surface area (Å²) in [5, 5.41) is 12.0. The number of halogens is 3. The summed E-state index contributed by atoms with van der Waals surface area (Å²) in [6.07, 6.45) is -3.13. The van der Waals surface area contributed by atoms with E-state index in [9.17, 15) is 22.8 Å². The van der Waals surface area contributed by atoms with Crippen molar-refractivity contribution in [2.24, 2.45) is 5.92 Å². The molecule has 2 atom stereocenters. The summed E-state index contributed by atoms with van der Waals surface area (Å²) in [6.45, 7) is 0.779. The lowest BCUT2D eigenvalue weighted by molar-refractivity contribution is -0.141. The summed E-state index contributed by atoms with van der Waals surface area (Å²) in [4.78, 5) is 23.7. The van der Waals surface area contributed by atoms with Crippen LogP contribution < -0.4 is 5.32 Å². The SMILES string of the molecule is O=C(O)CC1(NC(=O)C2CC2c2ccc(C(F)(F)F)cc2)CCOCC1. The van der Waals surface area contributed by atoms with E-state index in [-0.39, 0.29) is 24.2 Å². The standard InChI is InChI=1S/C18H20F3NO4/c19-18(20,21)12-3-1-11(2-4-12)13-9-14(13)16(25)22-17(10-15(23)24)5-7-26-8-6-17/h1-4,13-14H,5-10H2,(H,22,25)(H,23,24). The summed E-state index contributed by atoms with van der Waals surface area (Å²) in [5.41, 5.74) is -0.836. The Morgan fingerprint density at radius 2 is 1.81 bits per heavy atom. The fraction of sp³-hybridized carbons (Fsp3) is 0.556. The van der Waals surface area contributed by atoms with Crippen molar-refractivity contribution in [1.82, 2.24) is 5.32 Å². The van der Waals surface area contributed by atoms with Crippen LogP contribution in [0.3, 0.4) is 0 Å². The van der Waals surface area contributed by atoms with E-state index in [1.165, 1.54) is 12.1 Å². The van der Waals surface area contributed by atoms with Gasteiger partial charge >= 0.3 is 12.1 Å². The maximum Gasteiger partial charge on any atom is 0.416 e. The number of hydrogen-bond donors (Lipinski definition) is 2. The quantitative estimate of drug-likeness (QED) is 0.835. The first kappa shape index (κ1) is 18.7. The molecule has 2 N–H and O–H groups in total. The van der Waals surface area contributed by atoms with Crippen LogP contribution in [0, 0.1) is 5.92 Å². The molecule has 142 valence electrons. The summed E-state index contributed by atoms with van der Waals surface area (Å²) in [5.74, 6) is -1.68. The smallest absolute Gasteiger partial charge is 0.416 e. The van der Waals surface area contributed by atoms with Crippen molar-refractivity contribution in [2.75, 3.05) is 13.2 Å². The van der Waals surface area contributed by atoms with Crippen molar-refractivity contribution in [3.8, 4) is 0 Å². The van der Waals surface area contributed by atoms with Gasteiger partial charge < -0.3 is 15.2 Å². The number of carboxylic acids is 1. The van der Waals surface area contributed by atoms with E-state index >= 15 is 0 Å². The van der Waals surface area contributed by atoms with E-state index in [0.717, 1.165) is 12.1 Å². The molecule has 5 nitrogen and oxygen atoms in total. The lowest BCUT2D eigenvalue weighted by Crippen LogP contribution is -2.53. The first-order chi connectivity index (χ1) is 12.2. The fourth-order valence-electron chi connectivity index (χ4n) is 3.52. The average molecular weight is 371 g/mol. The molecule has 1 amide bonds. The predicted octanol–water partition coefficient (Wildman–Crippen LogP) is 2.95. The van der Waals surface area contributed by atoms with Crippen molar-refractivity contribution >= 4 is 11.9 Å². The van der Waals surface area contributed by atoms with Gasteiger partial charge in [0.2, 0.25) is 5.91 Å². The molecular weight excluding hydrogens is 351 g/mol. The molecule has 0 aromatic heterocycles. The van der Waals surface area contributed by atoms with Gasteiger partial charge in [0.1, 0.15) is 0 Å². The molecule has 1 saturated carbocycles. The minimum Gasteiger partial charge on any atom is -0.481 e. The van der Waals surface area contributed by atoms with E-state index in [1.807, 2.05) is 0 Å². The summed E-state index contributed by atoms with van der Waals surface area (Å²) in [7, 11) is 0. The van der Waals surface area contributed by atoms with Gasteiger partial charge in [-0.25, -0.2) is 0 Å². The third-order valence-corrected chi connectivity index (χ3v) is 5.12. The highest BCUT2D eigenvalue weighted by atomic mass is 19.4. The highest BCUT2D eigenvalue weighted by molar-refractivity contribution is 5.84. The molecule has 1 saturated heterocycles. The summed E-state index contributed by atoms with van der Waals surface area (Å²) < 4.78 is 43.1. The molecule has 0 spiro atoms. The number of hydrogen-bond acceptors (Lipinski definition) is 3. The fourth-order valence-corrected chi connectivity index (χ4v) is 3.52.